The number of carbonyl (C=O) groups is 2. The number of fused-ring (bicyclic) bond motifs is 1. The monoisotopic (exact) mass is 456 g/mol. The number of pyridine rings is 1. The first-order chi connectivity index (χ1) is 16.1. The van der Waals surface area contributed by atoms with E-state index in [0.717, 1.165) is 46.4 Å². The lowest BCUT2D eigenvalue weighted by molar-refractivity contribution is -0.122. The predicted molar refractivity (Wildman–Crippen MR) is 132 cm³/mol. The summed E-state index contributed by atoms with van der Waals surface area (Å²) in [7, 11) is 0. The summed E-state index contributed by atoms with van der Waals surface area (Å²) >= 11 is 1.60. The topological polar surface area (TPSA) is 88.3 Å². The molecule has 2 aromatic carbocycles. The molecule has 0 radical (unpaired) electrons. The van der Waals surface area contributed by atoms with Crippen LogP contribution >= 0.6 is 11.3 Å². The summed E-state index contributed by atoms with van der Waals surface area (Å²) in [6.45, 7) is 1.47. The molecule has 1 aliphatic rings. The number of hydrogen-bond acceptors (Lipinski definition) is 5. The predicted octanol–water partition coefficient (Wildman–Crippen LogP) is 4.67. The number of amides is 2. The van der Waals surface area contributed by atoms with Crippen molar-refractivity contribution in [2.75, 3.05) is 11.9 Å². The van der Waals surface area contributed by atoms with Crippen LogP contribution in [0.1, 0.15) is 28.8 Å². The lowest BCUT2D eigenvalue weighted by atomic mass is 10.1. The number of carbonyl (C=O) groups excluding carboxylic acids is 2. The van der Waals surface area contributed by atoms with E-state index in [0.29, 0.717) is 17.8 Å². The van der Waals surface area contributed by atoms with E-state index in [1.165, 1.54) is 0 Å². The maximum atomic E-state index is 13.3. The molecule has 6 nitrogen and oxygen atoms in total. The quantitative estimate of drug-likeness (QED) is 0.441. The zero-order valence-corrected chi connectivity index (χ0v) is 18.8. The van der Waals surface area contributed by atoms with Crippen LogP contribution < -0.4 is 11.1 Å². The molecule has 0 bridgehead atoms. The summed E-state index contributed by atoms with van der Waals surface area (Å²) in [5, 5.41) is 5.86. The van der Waals surface area contributed by atoms with Gasteiger partial charge in [0.2, 0.25) is 5.91 Å². The van der Waals surface area contributed by atoms with Gasteiger partial charge in [0.15, 0.2) is 0 Å². The van der Waals surface area contributed by atoms with Gasteiger partial charge in [-0.2, -0.15) is 0 Å². The van der Waals surface area contributed by atoms with Gasteiger partial charge in [-0.3, -0.25) is 14.5 Å². The molecule has 1 fully saturated rings. The summed E-state index contributed by atoms with van der Waals surface area (Å²) in [6, 6.07) is 21.1. The summed E-state index contributed by atoms with van der Waals surface area (Å²) < 4.78 is 0. The molecule has 1 atom stereocenters. The lowest BCUT2D eigenvalue weighted by Crippen LogP contribution is -2.39. The van der Waals surface area contributed by atoms with Crippen molar-refractivity contribution < 1.29 is 9.59 Å². The van der Waals surface area contributed by atoms with Gasteiger partial charge < -0.3 is 11.1 Å². The minimum atomic E-state index is -0.275. The van der Waals surface area contributed by atoms with Crippen LogP contribution in [0.5, 0.6) is 0 Å². The average molecular weight is 457 g/mol. The maximum absolute atomic E-state index is 13.3. The Morgan fingerprint density at radius 3 is 2.79 bits per heavy atom. The molecule has 3 heterocycles. The van der Waals surface area contributed by atoms with Crippen LogP contribution in [0.3, 0.4) is 0 Å². The number of anilines is 1. The normalized spacial score (nSPS) is 16.2. The Morgan fingerprint density at radius 2 is 1.97 bits per heavy atom. The molecule has 2 amide bonds. The maximum Gasteiger partial charge on any atom is 0.256 e. The second-order valence-corrected chi connectivity index (χ2v) is 9.18. The highest BCUT2D eigenvalue weighted by Gasteiger charge is 2.28. The molecule has 0 saturated carbocycles. The zero-order chi connectivity index (χ0) is 22.8. The van der Waals surface area contributed by atoms with E-state index in [4.69, 9.17) is 10.7 Å². The van der Waals surface area contributed by atoms with Gasteiger partial charge in [0.1, 0.15) is 0 Å². The van der Waals surface area contributed by atoms with Crippen LogP contribution in [0.2, 0.25) is 0 Å². The van der Waals surface area contributed by atoms with Crippen LogP contribution in [-0.2, 0) is 11.3 Å². The molecule has 4 aromatic rings. The smallest absolute Gasteiger partial charge is 0.256 e. The zero-order valence-electron chi connectivity index (χ0n) is 18.0. The van der Waals surface area contributed by atoms with Gasteiger partial charge in [-0.1, -0.05) is 36.4 Å². The molecule has 1 aliphatic heterocycles. The number of nitrogens with two attached hydrogens (primary N) is 1. The fourth-order valence-electron chi connectivity index (χ4n) is 4.43. The number of nitrogens with zero attached hydrogens (tertiary/aromatic N) is 2. The second-order valence-electron chi connectivity index (χ2n) is 8.23. The molecule has 166 valence electrons. The highest BCUT2D eigenvalue weighted by molar-refractivity contribution is 7.13. The molecular weight excluding hydrogens is 432 g/mol. The Labute approximate surface area is 196 Å². The van der Waals surface area contributed by atoms with Gasteiger partial charge in [0.25, 0.3) is 5.91 Å². The number of aromatic nitrogens is 1. The highest BCUT2D eigenvalue weighted by Crippen LogP contribution is 2.28. The van der Waals surface area contributed by atoms with Gasteiger partial charge in [-0.15, -0.1) is 11.3 Å². The Balaban J connectivity index is 1.41. The van der Waals surface area contributed by atoms with E-state index in [1.54, 1.807) is 11.3 Å². The van der Waals surface area contributed by atoms with E-state index in [-0.39, 0.29) is 17.9 Å². The number of hydrogen-bond donors (Lipinski definition) is 2. The van der Waals surface area contributed by atoms with E-state index in [9.17, 15) is 9.59 Å². The van der Waals surface area contributed by atoms with E-state index in [2.05, 4.69) is 10.2 Å². The molecule has 1 unspecified atom stereocenters. The average Bonchev–Trinajstić information content (AvgIpc) is 3.51. The molecule has 0 spiro atoms. The second kappa shape index (κ2) is 9.13. The molecule has 5 rings (SSSR count). The third-order valence-corrected chi connectivity index (χ3v) is 6.89. The van der Waals surface area contributed by atoms with Crippen molar-refractivity contribution in [3.8, 4) is 10.6 Å². The van der Waals surface area contributed by atoms with Crippen molar-refractivity contribution >= 4 is 39.7 Å². The van der Waals surface area contributed by atoms with Gasteiger partial charge in [-0.25, -0.2) is 4.98 Å². The molecule has 2 aromatic heterocycles. The Hall–Kier alpha value is -3.55. The third kappa shape index (κ3) is 4.51. The summed E-state index contributed by atoms with van der Waals surface area (Å²) in [5.41, 5.74) is 9.45. The number of nitrogens with one attached hydrogen (secondary N) is 1. The largest absolute Gasteiger partial charge is 0.368 e. The number of thiophene rings is 1. The molecule has 3 N–H and O–H groups in total. The number of rotatable bonds is 6. The Bertz CT molecular complexity index is 1320. The first-order valence-electron chi connectivity index (χ1n) is 11.0. The number of likely N-dealkylation sites (tertiary alicyclic amines) is 1. The van der Waals surface area contributed by atoms with Crippen molar-refractivity contribution in [3.05, 3.63) is 83.2 Å². The van der Waals surface area contributed by atoms with E-state index in [1.807, 2.05) is 72.1 Å². The van der Waals surface area contributed by atoms with Crippen LogP contribution in [0.15, 0.2) is 72.1 Å². The van der Waals surface area contributed by atoms with Crippen LogP contribution in [0.4, 0.5) is 5.69 Å². The van der Waals surface area contributed by atoms with Crippen molar-refractivity contribution in [2.45, 2.75) is 25.4 Å². The van der Waals surface area contributed by atoms with Crippen molar-refractivity contribution in [1.29, 1.82) is 0 Å². The van der Waals surface area contributed by atoms with Gasteiger partial charge in [0, 0.05) is 17.6 Å². The van der Waals surface area contributed by atoms with Crippen molar-refractivity contribution in [2.24, 2.45) is 5.73 Å². The summed E-state index contributed by atoms with van der Waals surface area (Å²) in [6.07, 6.45) is 1.76. The SMILES string of the molecule is NC(=O)C1CCCN1Cc1cccc(NC(=O)c2cc(-c3cccs3)nc3ccccc23)c1. The minimum absolute atomic E-state index is 0.181. The van der Waals surface area contributed by atoms with E-state index < -0.39 is 0 Å². The van der Waals surface area contributed by atoms with Gasteiger partial charge >= 0.3 is 0 Å². The Morgan fingerprint density at radius 1 is 1.09 bits per heavy atom. The fraction of sp³-hybridized carbons (Fsp3) is 0.192. The molecule has 33 heavy (non-hydrogen) atoms. The molecule has 0 aliphatic carbocycles. The van der Waals surface area contributed by atoms with Crippen LogP contribution in [0.25, 0.3) is 21.5 Å². The van der Waals surface area contributed by atoms with Crippen LogP contribution in [0, 0.1) is 0 Å². The summed E-state index contributed by atoms with van der Waals surface area (Å²) in [5.74, 6) is -0.456. The first-order valence-corrected chi connectivity index (χ1v) is 11.8. The van der Waals surface area contributed by atoms with Crippen LogP contribution in [-0.4, -0.2) is 34.3 Å². The van der Waals surface area contributed by atoms with Gasteiger partial charge in [-0.05, 0) is 60.7 Å². The van der Waals surface area contributed by atoms with Crippen molar-refractivity contribution in [1.82, 2.24) is 9.88 Å². The van der Waals surface area contributed by atoms with Crippen molar-refractivity contribution in [3.63, 3.8) is 0 Å². The Kier molecular flexibility index (Phi) is 5.90. The highest BCUT2D eigenvalue weighted by atomic mass is 32.1. The first kappa shape index (κ1) is 21.3. The standard InChI is InChI=1S/C26H24N4O2S/c27-25(31)23-10-4-12-30(23)16-17-6-3-7-18(14-17)28-26(32)20-15-22(24-11-5-13-33-24)29-21-9-2-1-8-19(20)21/h1-3,5-9,11,13-15,23H,4,10,12,16H2,(H2,27,31)(H,28,32). The summed E-state index contributed by atoms with van der Waals surface area (Å²) in [4.78, 5) is 32.9. The number of primary amides is 1. The van der Waals surface area contributed by atoms with E-state index >= 15 is 0 Å². The third-order valence-electron chi connectivity index (χ3n) is 6.00. The number of benzene rings is 2. The van der Waals surface area contributed by atoms with Gasteiger partial charge in [0.05, 0.1) is 27.7 Å². The lowest BCUT2D eigenvalue weighted by Gasteiger charge is -2.22. The molecule has 7 heteroatoms. The molecule has 1 saturated heterocycles. The molecular formula is C26H24N4O2S. The number of para-hydroxylation sites is 1. The minimum Gasteiger partial charge on any atom is -0.368 e. The fourth-order valence-corrected chi connectivity index (χ4v) is 5.12.